The molecule has 0 unspecified atom stereocenters. The molecular formula is C22H20O2Si. The highest BCUT2D eigenvalue weighted by Crippen LogP contribution is 2.32. The van der Waals surface area contributed by atoms with E-state index in [9.17, 15) is 0 Å². The zero-order chi connectivity index (χ0) is 17.2. The minimum Gasteiger partial charge on any atom is -0.397 e. The van der Waals surface area contributed by atoms with E-state index >= 15 is 0 Å². The van der Waals surface area contributed by atoms with Gasteiger partial charge in [0.25, 0.3) is 0 Å². The van der Waals surface area contributed by atoms with Gasteiger partial charge in [0.15, 0.2) is 0 Å². The van der Waals surface area contributed by atoms with Crippen molar-refractivity contribution in [2.75, 3.05) is 14.2 Å². The molecule has 124 valence electrons. The Balaban J connectivity index is 2.01. The van der Waals surface area contributed by atoms with Crippen LogP contribution < -0.4 is 5.19 Å². The van der Waals surface area contributed by atoms with Crippen molar-refractivity contribution >= 4 is 36.0 Å². The van der Waals surface area contributed by atoms with Crippen molar-refractivity contribution in [2.45, 2.75) is 0 Å². The maximum absolute atomic E-state index is 5.65. The van der Waals surface area contributed by atoms with E-state index in [1.165, 1.54) is 37.9 Å². The highest BCUT2D eigenvalue weighted by molar-refractivity contribution is 6.63. The normalized spacial score (nSPS) is 11.5. The Morgan fingerprint density at radius 2 is 1.24 bits per heavy atom. The summed E-state index contributed by atoms with van der Waals surface area (Å²) in [6, 6.07) is 27.9. The molecule has 4 rings (SSSR count). The van der Waals surface area contributed by atoms with E-state index in [0.29, 0.717) is 0 Å². The fourth-order valence-corrected chi connectivity index (χ4v) is 5.05. The molecule has 0 aliphatic heterocycles. The van der Waals surface area contributed by atoms with Gasteiger partial charge in [-0.05, 0) is 37.9 Å². The molecule has 0 aliphatic rings. The first-order valence-corrected chi connectivity index (χ1v) is 9.91. The van der Waals surface area contributed by atoms with Crippen LogP contribution in [0.2, 0.25) is 0 Å². The maximum Gasteiger partial charge on any atom is 0.355 e. The molecule has 4 aromatic carbocycles. The first-order valence-electron chi connectivity index (χ1n) is 8.39. The van der Waals surface area contributed by atoms with Crippen molar-refractivity contribution in [3.63, 3.8) is 0 Å². The minimum atomic E-state index is -1.89. The van der Waals surface area contributed by atoms with Gasteiger partial charge in [0.2, 0.25) is 0 Å². The summed E-state index contributed by atoms with van der Waals surface area (Å²) >= 11 is 0. The molecule has 0 atom stereocenters. The molecule has 0 saturated heterocycles. The third kappa shape index (κ3) is 2.76. The summed E-state index contributed by atoms with van der Waals surface area (Å²) in [5, 5.41) is 6.26. The molecule has 3 heteroatoms. The molecule has 2 nitrogen and oxygen atoms in total. The molecule has 0 aromatic heterocycles. The van der Waals surface area contributed by atoms with Crippen LogP contribution in [0.15, 0.2) is 78.9 Å². The van der Waals surface area contributed by atoms with Gasteiger partial charge in [-0.25, -0.2) is 0 Å². The minimum absolute atomic E-state index is 1.17. The average Bonchev–Trinajstić information content (AvgIpc) is 2.69. The number of rotatable bonds is 4. The molecule has 0 saturated carbocycles. The molecule has 0 amide bonds. The van der Waals surface area contributed by atoms with Crippen LogP contribution in [-0.2, 0) is 8.85 Å². The fraction of sp³-hybridized carbons (Fsp3) is 0.0909. The van der Waals surface area contributed by atoms with Crippen LogP contribution in [0.25, 0.3) is 32.7 Å². The quantitative estimate of drug-likeness (QED) is 0.404. The van der Waals surface area contributed by atoms with Gasteiger partial charge in [0.1, 0.15) is 0 Å². The highest BCUT2D eigenvalue weighted by atomic mass is 28.3. The van der Waals surface area contributed by atoms with E-state index in [2.05, 4.69) is 78.9 Å². The van der Waals surface area contributed by atoms with E-state index in [-0.39, 0.29) is 0 Å². The van der Waals surface area contributed by atoms with Crippen LogP contribution in [0.3, 0.4) is 0 Å². The molecule has 0 spiro atoms. The topological polar surface area (TPSA) is 18.5 Å². The lowest BCUT2D eigenvalue weighted by Crippen LogP contribution is -2.36. The molecule has 4 aromatic rings. The summed E-state index contributed by atoms with van der Waals surface area (Å²) < 4.78 is 11.3. The predicted molar refractivity (Wildman–Crippen MR) is 108 cm³/mol. The van der Waals surface area contributed by atoms with Crippen LogP contribution in [0, 0.1) is 0 Å². The van der Waals surface area contributed by atoms with Gasteiger partial charge in [0.05, 0.1) is 0 Å². The summed E-state index contributed by atoms with van der Waals surface area (Å²) in [4.78, 5) is 0. The first-order chi connectivity index (χ1) is 12.3. The standard InChI is InChI=1S/C22H20O2Si/c1-23-25(24-2)22-13-6-5-10-21(22)19-12-7-11-18-17-9-4-3-8-16(17)14-15-20(18)19/h3-15,25H,1-2H3. The Bertz CT molecular complexity index is 1040. The average molecular weight is 344 g/mol. The molecule has 0 N–H and O–H groups in total. The SMILES string of the molecule is CO[SiH](OC)c1ccccc1-c1cccc2c1ccc1ccccc12. The van der Waals surface area contributed by atoms with Crippen molar-refractivity contribution in [3.05, 3.63) is 78.9 Å². The Hall–Kier alpha value is -2.46. The van der Waals surface area contributed by atoms with Crippen LogP contribution in [-0.4, -0.2) is 23.5 Å². The Morgan fingerprint density at radius 3 is 2.08 bits per heavy atom. The number of hydrogen-bond acceptors (Lipinski definition) is 2. The number of hydrogen-bond donors (Lipinski definition) is 0. The second-order valence-electron chi connectivity index (χ2n) is 6.08. The monoisotopic (exact) mass is 344 g/mol. The number of fused-ring (bicyclic) bond motifs is 3. The van der Waals surface area contributed by atoms with Gasteiger partial charge in [-0.1, -0.05) is 78.9 Å². The number of benzene rings is 4. The largest absolute Gasteiger partial charge is 0.397 e. The summed E-state index contributed by atoms with van der Waals surface area (Å²) in [5.74, 6) is 0. The zero-order valence-corrected chi connectivity index (χ0v) is 15.6. The highest BCUT2D eigenvalue weighted by Gasteiger charge is 2.19. The van der Waals surface area contributed by atoms with Crippen molar-refractivity contribution < 1.29 is 8.85 Å². The van der Waals surface area contributed by atoms with Crippen LogP contribution in [0.4, 0.5) is 0 Å². The third-order valence-corrected chi connectivity index (χ3v) is 6.59. The van der Waals surface area contributed by atoms with Crippen LogP contribution in [0.5, 0.6) is 0 Å². The summed E-state index contributed by atoms with van der Waals surface area (Å²) in [7, 11) is 1.57. The second kappa shape index (κ2) is 6.80. The summed E-state index contributed by atoms with van der Waals surface area (Å²) in [6.07, 6.45) is 0. The first kappa shape index (κ1) is 16.0. The van der Waals surface area contributed by atoms with E-state index in [1.54, 1.807) is 14.2 Å². The van der Waals surface area contributed by atoms with Gasteiger partial charge in [-0.15, -0.1) is 0 Å². The molecule has 0 aliphatic carbocycles. The van der Waals surface area contributed by atoms with Gasteiger partial charge < -0.3 is 8.85 Å². The van der Waals surface area contributed by atoms with Crippen molar-refractivity contribution in [1.29, 1.82) is 0 Å². The lowest BCUT2D eigenvalue weighted by Gasteiger charge is -2.17. The Morgan fingerprint density at radius 1 is 0.560 bits per heavy atom. The second-order valence-corrected chi connectivity index (χ2v) is 8.31. The smallest absolute Gasteiger partial charge is 0.355 e. The van der Waals surface area contributed by atoms with E-state index in [0.717, 1.165) is 0 Å². The Kier molecular flexibility index (Phi) is 4.36. The lowest BCUT2D eigenvalue weighted by molar-refractivity contribution is 0.292. The van der Waals surface area contributed by atoms with Gasteiger partial charge in [0, 0.05) is 14.2 Å². The summed E-state index contributed by atoms with van der Waals surface area (Å²) in [6.45, 7) is 0. The van der Waals surface area contributed by atoms with Crippen LogP contribution in [0.1, 0.15) is 0 Å². The molecule has 0 fully saturated rings. The predicted octanol–water partition coefficient (Wildman–Crippen LogP) is 4.38. The molecular weight excluding hydrogens is 324 g/mol. The van der Waals surface area contributed by atoms with Crippen molar-refractivity contribution in [3.8, 4) is 11.1 Å². The molecule has 0 heterocycles. The maximum atomic E-state index is 5.65. The van der Waals surface area contributed by atoms with Gasteiger partial charge in [-0.2, -0.15) is 0 Å². The third-order valence-electron chi connectivity index (χ3n) is 4.72. The van der Waals surface area contributed by atoms with Gasteiger partial charge in [-0.3, -0.25) is 0 Å². The van der Waals surface area contributed by atoms with E-state index < -0.39 is 9.28 Å². The van der Waals surface area contributed by atoms with Crippen molar-refractivity contribution in [1.82, 2.24) is 0 Å². The lowest BCUT2D eigenvalue weighted by atomic mass is 9.95. The summed E-state index contributed by atoms with van der Waals surface area (Å²) in [5.41, 5.74) is 2.43. The van der Waals surface area contributed by atoms with Crippen LogP contribution >= 0.6 is 0 Å². The van der Waals surface area contributed by atoms with E-state index in [4.69, 9.17) is 8.85 Å². The van der Waals surface area contributed by atoms with Crippen molar-refractivity contribution in [2.24, 2.45) is 0 Å². The van der Waals surface area contributed by atoms with Gasteiger partial charge >= 0.3 is 9.28 Å². The zero-order valence-electron chi connectivity index (χ0n) is 14.4. The van der Waals surface area contributed by atoms with E-state index in [1.807, 2.05) is 0 Å². The Labute approximate surface area is 149 Å². The molecule has 0 radical (unpaired) electrons. The molecule has 25 heavy (non-hydrogen) atoms. The molecule has 0 bridgehead atoms. The fourth-order valence-electron chi connectivity index (χ4n) is 3.57.